The van der Waals surface area contributed by atoms with E-state index in [2.05, 4.69) is 20.6 Å². The van der Waals surface area contributed by atoms with Gasteiger partial charge in [-0.2, -0.15) is 5.10 Å². The standard InChI is InChI=1S/CH2N4.ClHO4/c1-2-4-5-3-1;2-1(3,4)5/h1H,(H,2,3,4,5);(H,2,3,4,5). The molecule has 8 nitrogen and oxygen atoms in total. The topological polar surface area (TPSA) is 148 Å². The SMILES string of the molecule is [O-][Cl+3]([O-])([O-])[O-].c1nn[nH][nH+]1. The minimum absolute atomic E-state index is 1.46. The normalized spacial score (nSPS) is 10.0. The van der Waals surface area contributed by atoms with Crippen molar-refractivity contribution in [3.63, 3.8) is 0 Å². The summed E-state index contributed by atoms with van der Waals surface area (Å²) in [5, 5.41) is 11.5. The molecule has 0 saturated heterocycles. The molecule has 0 aliphatic heterocycles. The van der Waals surface area contributed by atoms with Gasteiger partial charge in [0.15, 0.2) is 5.21 Å². The first-order valence-electron chi connectivity index (χ1n) is 1.84. The van der Waals surface area contributed by atoms with Crippen molar-refractivity contribution < 1.29 is 34.0 Å². The highest BCUT2D eigenvalue weighted by atomic mass is 35.7. The molecule has 10 heavy (non-hydrogen) atoms. The Hall–Kier alpha value is -0.800. The van der Waals surface area contributed by atoms with Gasteiger partial charge in [-0.25, -0.2) is 18.6 Å². The molecule has 0 unspecified atom stereocenters. The number of rotatable bonds is 0. The fraction of sp³-hybridized carbons (Fsp3) is 0. The van der Waals surface area contributed by atoms with Gasteiger partial charge in [-0.3, -0.25) is 0 Å². The number of halogens is 1. The minimum atomic E-state index is -4.94. The van der Waals surface area contributed by atoms with Crippen LogP contribution in [0.1, 0.15) is 0 Å². The highest BCUT2D eigenvalue weighted by Crippen LogP contribution is 1.49. The summed E-state index contributed by atoms with van der Waals surface area (Å²) in [5.74, 6) is 0. The van der Waals surface area contributed by atoms with E-state index in [0.29, 0.717) is 0 Å². The van der Waals surface area contributed by atoms with Gasteiger partial charge in [0.25, 0.3) is 6.33 Å². The van der Waals surface area contributed by atoms with E-state index >= 15 is 0 Å². The third-order valence-electron chi connectivity index (χ3n) is 0.295. The Morgan fingerprint density at radius 1 is 1.30 bits per heavy atom. The van der Waals surface area contributed by atoms with Crippen LogP contribution in [0.25, 0.3) is 0 Å². The first-order chi connectivity index (χ1) is 4.50. The molecule has 0 aromatic carbocycles. The molecule has 0 radical (unpaired) electrons. The van der Waals surface area contributed by atoms with Gasteiger partial charge >= 0.3 is 0 Å². The first kappa shape index (κ1) is 9.20. The summed E-state index contributed by atoms with van der Waals surface area (Å²) in [7, 11) is -4.94. The summed E-state index contributed by atoms with van der Waals surface area (Å²) in [5.41, 5.74) is 0. The second-order valence-electron chi connectivity index (χ2n) is 0.979. The molecule has 0 amide bonds. The van der Waals surface area contributed by atoms with Gasteiger partial charge in [-0.1, -0.05) is 5.21 Å². The van der Waals surface area contributed by atoms with Gasteiger partial charge in [0.05, 0.1) is 0 Å². The van der Waals surface area contributed by atoms with Crippen molar-refractivity contribution in [3.8, 4) is 0 Å². The Balaban J connectivity index is 0.000000162. The summed E-state index contributed by atoms with van der Waals surface area (Å²) in [4.78, 5) is 0. The van der Waals surface area contributed by atoms with E-state index in [0.717, 1.165) is 0 Å². The monoisotopic (exact) mass is 170 g/mol. The fourth-order valence-electron chi connectivity index (χ4n) is 0.144. The van der Waals surface area contributed by atoms with Crippen molar-refractivity contribution in [3.05, 3.63) is 6.33 Å². The molecule has 0 aliphatic rings. The molecule has 1 aromatic heterocycles. The summed E-state index contributed by atoms with van der Waals surface area (Å²) in [6.45, 7) is 0. The molecule has 9 heteroatoms. The predicted molar refractivity (Wildman–Crippen MR) is 12.9 cm³/mol. The molecule has 0 fully saturated rings. The van der Waals surface area contributed by atoms with Gasteiger partial charge in [0.1, 0.15) is 5.10 Å². The zero-order valence-electron chi connectivity index (χ0n) is 4.48. The van der Waals surface area contributed by atoms with Gasteiger partial charge in [-0.15, -0.1) is 10.2 Å². The van der Waals surface area contributed by atoms with E-state index in [-0.39, 0.29) is 0 Å². The van der Waals surface area contributed by atoms with Crippen LogP contribution in [0.2, 0.25) is 0 Å². The Labute approximate surface area is 56.8 Å². The Morgan fingerprint density at radius 2 is 1.80 bits per heavy atom. The van der Waals surface area contributed by atoms with Crippen LogP contribution in [0.5, 0.6) is 0 Å². The van der Waals surface area contributed by atoms with E-state index in [1.807, 2.05) is 0 Å². The highest BCUT2D eigenvalue weighted by Gasteiger charge is 1.84. The largest absolute Gasteiger partial charge is 0.286 e. The number of hydrogen-bond acceptors (Lipinski definition) is 6. The lowest BCUT2D eigenvalue weighted by molar-refractivity contribution is -2.00. The Kier molecular flexibility index (Phi) is 3.76. The second-order valence-corrected chi connectivity index (χ2v) is 1.73. The Bertz CT molecular complexity index is 124. The van der Waals surface area contributed by atoms with E-state index in [1.165, 1.54) is 6.33 Å². The van der Waals surface area contributed by atoms with E-state index in [9.17, 15) is 0 Å². The molecule has 58 valence electrons. The number of tetrazole rings is 1. The summed E-state index contributed by atoms with van der Waals surface area (Å²) < 4.78 is 34.0. The van der Waals surface area contributed by atoms with Crippen molar-refractivity contribution in [2.24, 2.45) is 0 Å². The van der Waals surface area contributed by atoms with Crippen molar-refractivity contribution in [2.45, 2.75) is 0 Å². The van der Waals surface area contributed by atoms with Gasteiger partial charge < -0.3 is 0 Å². The lowest BCUT2D eigenvalue weighted by atomic mass is 11.4. The van der Waals surface area contributed by atoms with Crippen molar-refractivity contribution in [1.82, 2.24) is 15.5 Å². The highest BCUT2D eigenvalue weighted by molar-refractivity contribution is 4.06. The van der Waals surface area contributed by atoms with Crippen LogP contribution in [0.4, 0.5) is 0 Å². The lowest BCUT2D eigenvalue weighted by Gasteiger charge is -2.17. The number of nitrogens with zero attached hydrogens (tertiary/aromatic N) is 2. The second kappa shape index (κ2) is 4.09. The average molecular weight is 171 g/mol. The number of nitrogens with one attached hydrogen (secondary N) is 2. The smallest absolute Gasteiger partial charge is 0.222 e. The number of aromatic nitrogens is 4. The van der Waals surface area contributed by atoms with E-state index in [1.54, 1.807) is 0 Å². The van der Waals surface area contributed by atoms with Crippen LogP contribution >= 0.6 is 0 Å². The molecular formula is CH3ClN4O4. The quantitative estimate of drug-likeness (QED) is 0.410. The van der Waals surface area contributed by atoms with Crippen LogP contribution in [0.15, 0.2) is 6.33 Å². The van der Waals surface area contributed by atoms with E-state index < -0.39 is 10.2 Å². The molecule has 0 saturated carbocycles. The van der Waals surface area contributed by atoms with Crippen LogP contribution in [-0.4, -0.2) is 15.5 Å². The molecule has 1 aromatic rings. The molecule has 0 aliphatic carbocycles. The van der Waals surface area contributed by atoms with Gasteiger partial charge in [0.2, 0.25) is 0 Å². The molecule has 2 N–H and O–H groups in total. The van der Waals surface area contributed by atoms with Crippen LogP contribution < -0.4 is 23.7 Å². The molecule has 0 spiro atoms. The van der Waals surface area contributed by atoms with Crippen LogP contribution in [0, 0.1) is 10.2 Å². The van der Waals surface area contributed by atoms with Gasteiger partial charge in [-0.05, 0) is 0 Å². The summed E-state index contributed by atoms with van der Waals surface area (Å²) in [6.07, 6.45) is 1.46. The molecule has 1 rings (SSSR count). The third-order valence-corrected chi connectivity index (χ3v) is 0.295. The average Bonchev–Trinajstić information content (AvgIpc) is 2.07. The molecule has 1 heterocycles. The summed E-state index contributed by atoms with van der Waals surface area (Å²) in [6, 6.07) is 0. The fourth-order valence-corrected chi connectivity index (χ4v) is 0.144. The van der Waals surface area contributed by atoms with Crippen molar-refractivity contribution in [1.29, 1.82) is 0 Å². The predicted octanol–water partition coefficient (Wildman–Crippen LogP) is -6.14. The van der Waals surface area contributed by atoms with Crippen LogP contribution in [-0.2, 0) is 0 Å². The number of hydrogen-bond donors (Lipinski definition) is 1. The van der Waals surface area contributed by atoms with Crippen LogP contribution in [0.3, 0.4) is 0 Å². The molecule has 0 atom stereocenters. The lowest BCUT2D eigenvalue weighted by Crippen LogP contribution is -2.68. The maximum Gasteiger partial charge on any atom is 0.286 e. The molecular weight excluding hydrogens is 167 g/mol. The third kappa shape index (κ3) is 15.7. The van der Waals surface area contributed by atoms with E-state index in [4.69, 9.17) is 18.6 Å². The van der Waals surface area contributed by atoms with Crippen molar-refractivity contribution in [2.75, 3.05) is 0 Å². The number of aromatic amines is 2. The maximum absolute atomic E-state index is 8.49. The Morgan fingerprint density at radius 3 is 1.90 bits per heavy atom. The minimum Gasteiger partial charge on any atom is -0.222 e. The number of H-pyrrole nitrogens is 2. The summed E-state index contributed by atoms with van der Waals surface area (Å²) >= 11 is 0. The van der Waals surface area contributed by atoms with Gasteiger partial charge in [0, 0.05) is 0 Å². The zero-order chi connectivity index (χ0) is 8.04. The maximum atomic E-state index is 8.49. The molecule has 0 bridgehead atoms. The zero-order valence-corrected chi connectivity index (χ0v) is 5.24. The van der Waals surface area contributed by atoms with Crippen molar-refractivity contribution >= 4 is 0 Å². The first-order valence-corrected chi connectivity index (χ1v) is 3.07.